The van der Waals surface area contributed by atoms with Crippen LogP contribution in [0.3, 0.4) is 0 Å². The summed E-state index contributed by atoms with van der Waals surface area (Å²) in [7, 11) is 1.63. The van der Waals surface area contributed by atoms with Gasteiger partial charge in [0.2, 0.25) is 5.88 Å². The van der Waals surface area contributed by atoms with E-state index in [0.717, 1.165) is 28.9 Å². The van der Waals surface area contributed by atoms with E-state index in [1.54, 1.807) is 7.11 Å². The Labute approximate surface area is 140 Å². The number of ether oxygens (including phenoxy) is 2. The van der Waals surface area contributed by atoms with Crippen LogP contribution in [-0.2, 0) is 17.7 Å². The quantitative estimate of drug-likeness (QED) is 0.846. The number of hydrogen-bond acceptors (Lipinski definition) is 6. The van der Waals surface area contributed by atoms with Crippen molar-refractivity contribution >= 4 is 38.8 Å². The number of hydrogen-bond donors (Lipinski definition) is 1. The highest BCUT2D eigenvalue weighted by Crippen LogP contribution is 2.34. The first-order valence-electron chi connectivity index (χ1n) is 6.80. The Hall–Kier alpha value is -0.470. The summed E-state index contributed by atoms with van der Waals surface area (Å²) in [5, 5.41) is 5.70. The van der Waals surface area contributed by atoms with Crippen LogP contribution in [0.2, 0.25) is 0 Å². The average molecular weight is 389 g/mol. The average Bonchev–Trinajstić information content (AvgIpc) is 3.10. The molecule has 3 heterocycles. The van der Waals surface area contributed by atoms with Gasteiger partial charge in [0, 0.05) is 23.9 Å². The number of nitrogens with zero attached hydrogens (tertiary/aromatic N) is 1. The van der Waals surface area contributed by atoms with E-state index in [1.165, 1.54) is 22.0 Å². The standard InChI is InChI=1S/C14H17BrN2O2S2/c1-8(13-9-4-6-20-10(9)3-5-19-13)16-7-11-12(15)14(18-2)17-21-11/h4,6,8,13,16H,3,5,7H2,1-2H3. The predicted octanol–water partition coefficient (Wildman–Crippen LogP) is 3.77. The molecule has 2 atom stereocenters. The predicted molar refractivity (Wildman–Crippen MR) is 89.4 cm³/mol. The van der Waals surface area contributed by atoms with Crippen molar-refractivity contribution in [2.24, 2.45) is 0 Å². The Bertz CT molecular complexity index is 614. The molecule has 0 spiro atoms. The summed E-state index contributed by atoms with van der Waals surface area (Å²) < 4.78 is 16.3. The summed E-state index contributed by atoms with van der Waals surface area (Å²) in [6, 6.07) is 2.44. The zero-order valence-corrected chi connectivity index (χ0v) is 15.1. The molecule has 0 aliphatic carbocycles. The minimum Gasteiger partial charge on any atom is -0.480 e. The highest BCUT2D eigenvalue weighted by molar-refractivity contribution is 9.10. The monoisotopic (exact) mass is 388 g/mol. The molecule has 0 radical (unpaired) electrons. The maximum atomic E-state index is 5.97. The maximum Gasteiger partial charge on any atom is 0.239 e. The molecule has 7 heteroatoms. The van der Waals surface area contributed by atoms with Gasteiger partial charge in [0.25, 0.3) is 0 Å². The van der Waals surface area contributed by atoms with Gasteiger partial charge in [-0.25, -0.2) is 0 Å². The van der Waals surface area contributed by atoms with Crippen LogP contribution in [0.25, 0.3) is 0 Å². The number of fused-ring (bicyclic) bond motifs is 1. The van der Waals surface area contributed by atoms with Gasteiger partial charge in [-0.15, -0.1) is 11.3 Å². The van der Waals surface area contributed by atoms with Gasteiger partial charge in [0.05, 0.1) is 29.2 Å². The van der Waals surface area contributed by atoms with Crippen LogP contribution in [0.15, 0.2) is 15.9 Å². The van der Waals surface area contributed by atoms with Crippen molar-refractivity contribution in [1.82, 2.24) is 9.69 Å². The summed E-state index contributed by atoms with van der Waals surface area (Å²) in [5.74, 6) is 0.651. The molecule has 0 bridgehead atoms. The Morgan fingerprint density at radius 2 is 2.48 bits per heavy atom. The zero-order valence-electron chi connectivity index (χ0n) is 11.9. The van der Waals surface area contributed by atoms with Gasteiger partial charge in [0.1, 0.15) is 0 Å². The lowest BCUT2D eigenvalue weighted by Crippen LogP contribution is -2.35. The molecule has 2 aromatic rings. The summed E-state index contributed by atoms with van der Waals surface area (Å²) in [4.78, 5) is 2.60. The van der Waals surface area contributed by atoms with Crippen molar-refractivity contribution in [3.8, 4) is 5.88 Å². The second-order valence-corrected chi connectivity index (χ2v) is 7.59. The number of rotatable bonds is 5. The van der Waals surface area contributed by atoms with Crippen molar-refractivity contribution in [3.05, 3.63) is 31.2 Å². The number of thiophene rings is 1. The molecule has 0 amide bonds. The molecule has 1 aliphatic rings. The molecule has 0 saturated heterocycles. The summed E-state index contributed by atoms with van der Waals surface area (Å²) >= 11 is 6.81. The SMILES string of the molecule is COc1nsc(CNC(C)C2OCCc3sccc32)c1Br. The Kier molecular flexibility index (Phi) is 4.96. The zero-order chi connectivity index (χ0) is 14.8. The van der Waals surface area contributed by atoms with Crippen molar-refractivity contribution in [1.29, 1.82) is 0 Å². The van der Waals surface area contributed by atoms with E-state index in [0.29, 0.717) is 5.88 Å². The number of methoxy groups -OCH3 is 1. The lowest BCUT2D eigenvalue weighted by Gasteiger charge is -2.29. The van der Waals surface area contributed by atoms with Crippen LogP contribution in [0, 0.1) is 0 Å². The number of aromatic nitrogens is 1. The number of halogens is 1. The van der Waals surface area contributed by atoms with Crippen molar-refractivity contribution in [3.63, 3.8) is 0 Å². The first-order valence-corrected chi connectivity index (χ1v) is 9.24. The Morgan fingerprint density at radius 1 is 1.62 bits per heavy atom. The summed E-state index contributed by atoms with van der Waals surface area (Å²) in [5.41, 5.74) is 1.34. The maximum absolute atomic E-state index is 5.97. The van der Waals surface area contributed by atoms with Gasteiger partial charge in [-0.05, 0) is 51.4 Å². The molecular formula is C14H17BrN2O2S2. The molecule has 1 aliphatic heterocycles. The van der Waals surface area contributed by atoms with Gasteiger partial charge in [-0.2, -0.15) is 4.37 Å². The van der Waals surface area contributed by atoms with Crippen molar-refractivity contribution in [2.45, 2.75) is 32.0 Å². The molecule has 0 aromatic carbocycles. The lowest BCUT2D eigenvalue weighted by atomic mass is 10.0. The topological polar surface area (TPSA) is 43.4 Å². The first-order chi connectivity index (χ1) is 10.2. The molecule has 0 saturated carbocycles. The molecule has 3 rings (SSSR count). The normalized spacial score (nSPS) is 19.3. The van der Waals surface area contributed by atoms with E-state index >= 15 is 0 Å². The molecule has 1 N–H and O–H groups in total. The van der Waals surface area contributed by atoms with Crippen LogP contribution in [-0.4, -0.2) is 24.1 Å². The smallest absolute Gasteiger partial charge is 0.239 e. The molecule has 21 heavy (non-hydrogen) atoms. The van der Waals surface area contributed by atoms with Crippen molar-refractivity contribution in [2.75, 3.05) is 13.7 Å². The minimum absolute atomic E-state index is 0.133. The van der Waals surface area contributed by atoms with Gasteiger partial charge in [-0.3, -0.25) is 0 Å². The van der Waals surface area contributed by atoms with E-state index in [9.17, 15) is 0 Å². The van der Waals surface area contributed by atoms with Gasteiger partial charge >= 0.3 is 0 Å². The Balaban J connectivity index is 1.65. The van der Waals surface area contributed by atoms with Crippen molar-refractivity contribution < 1.29 is 9.47 Å². The van der Waals surface area contributed by atoms with E-state index < -0.39 is 0 Å². The molecule has 0 fully saturated rings. The van der Waals surface area contributed by atoms with Crippen LogP contribution in [0.4, 0.5) is 0 Å². The van der Waals surface area contributed by atoms with E-state index in [1.807, 2.05) is 11.3 Å². The minimum atomic E-state index is 0.133. The van der Waals surface area contributed by atoms with E-state index in [4.69, 9.17) is 9.47 Å². The van der Waals surface area contributed by atoms with Crippen LogP contribution in [0.1, 0.15) is 28.3 Å². The third-order valence-corrected chi connectivity index (χ3v) is 6.52. The third kappa shape index (κ3) is 3.17. The van der Waals surface area contributed by atoms with Crippen LogP contribution < -0.4 is 10.1 Å². The fourth-order valence-corrected chi connectivity index (χ4v) is 4.78. The fourth-order valence-electron chi connectivity index (χ4n) is 2.48. The second-order valence-electron chi connectivity index (χ2n) is 4.94. The van der Waals surface area contributed by atoms with Gasteiger partial charge in [-0.1, -0.05) is 0 Å². The van der Waals surface area contributed by atoms with Crippen LogP contribution in [0.5, 0.6) is 5.88 Å². The highest BCUT2D eigenvalue weighted by Gasteiger charge is 2.27. The molecule has 2 aromatic heterocycles. The molecular weight excluding hydrogens is 372 g/mol. The summed E-state index contributed by atoms with van der Waals surface area (Å²) in [6.45, 7) is 3.73. The van der Waals surface area contributed by atoms with Gasteiger partial charge < -0.3 is 14.8 Å². The summed E-state index contributed by atoms with van der Waals surface area (Å²) in [6.07, 6.45) is 1.17. The Morgan fingerprint density at radius 3 is 3.24 bits per heavy atom. The number of nitrogens with one attached hydrogen (secondary N) is 1. The largest absolute Gasteiger partial charge is 0.480 e. The molecule has 2 unspecified atom stereocenters. The van der Waals surface area contributed by atoms with Gasteiger partial charge in [0.15, 0.2) is 0 Å². The van der Waals surface area contributed by atoms with Crippen LogP contribution >= 0.6 is 38.8 Å². The van der Waals surface area contributed by atoms with E-state index in [-0.39, 0.29) is 12.1 Å². The first kappa shape index (κ1) is 15.4. The van der Waals surface area contributed by atoms with E-state index in [2.05, 4.69) is 44.0 Å². The second kappa shape index (κ2) is 6.75. The lowest BCUT2D eigenvalue weighted by molar-refractivity contribution is 0.0205. The highest BCUT2D eigenvalue weighted by atomic mass is 79.9. The fraction of sp³-hybridized carbons (Fsp3) is 0.500. The molecule has 114 valence electrons. The third-order valence-electron chi connectivity index (χ3n) is 3.62. The molecule has 4 nitrogen and oxygen atoms in total.